The Morgan fingerprint density at radius 1 is 1.27 bits per heavy atom. The molecule has 0 unspecified atom stereocenters. The molecule has 4 heteroatoms. The average molecular weight is 232 g/mol. The molecule has 0 aliphatic rings. The number of rotatable bonds is 0. The first-order valence-electron chi connectivity index (χ1n) is 4.61. The number of aryl methyl sites for hydroxylation is 1. The molecule has 1 aromatic carbocycles. The number of fused-ring (bicyclic) bond motifs is 3. The molecule has 2 aromatic heterocycles. The molecule has 0 radical (unpaired) electrons. The van der Waals surface area contributed by atoms with E-state index in [-0.39, 0.29) is 0 Å². The Kier molecular flexibility index (Phi) is 1.87. The molecule has 0 fully saturated rings. The van der Waals surface area contributed by atoms with Crippen molar-refractivity contribution >= 4 is 43.7 Å². The molecular weight excluding hydrogens is 224 g/mol. The summed E-state index contributed by atoms with van der Waals surface area (Å²) in [6.45, 7) is 0. The largest absolute Gasteiger partial charge is 0.257 e. The van der Waals surface area contributed by atoms with E-state index in [0.717, 1.165) is 10.0 Å². The van der Waals surface area contributed by atoms with Crippen molar-refractivity contribution in [2.75, 3.05) is 0 Å². The van der Waals surface area contributed by atoms with E-state index in [1.165, 1.54) is 14.8 Å². The monoisotopic (exact) mass is 232 g/mol. The summed E-state index contributed by atoms with van der Waals surface area (Å²) in [4.78, 5) is 0. The number of nitrogens with zero attached hydrogens (tertiary/aromatic N) is 2. The Morgan fingerprint density at radius 2 is 2.07 bits per heavy atom. The van der Waals surface area contributed by atoms with Gasteiger partial charge >= 0.3 is 0 Å². The Bertz CT molecular complexity index is 709. The molecule has 0 spiro atoms. The van der Waals surface area contributed by atoms with Crippen LogP contribution in [0.4, 0.5) is 0 Å². The van der Waals surface area contributed by atoms with Gasteiger partial charge in [0, 0.05) is 22.5 Å². The molecule has 15 heavy (non-hydrogen) atoms. The first kappa shape index (κ1) is 9.00. The molecule has 3 aromatic rings. The van der Waals surface area contributed by atoms with Crippen LogP contribution in [-0.2, 0) is 7.05 Å². The van der Waals surface area contributed by atoms with Gasteiger partial charge < -0.3 is 0 Å². The number of benzene rings is 1. The fourth-order valence-electron chi connectivity index (χ4n) is 1.73. The molecule has 0 saturated carbocycles. The molecule has 2 heterocycles. The van der Waals surface area contributed by atoms with Gasteiger partial charge in [0.2, 0.25) is 0 Å². The maximum absolute atomic E-state index is 5.38. The van der Waals surface area contributed by atoms with Crippen LogP contribution in [0, 0.1) is 4.64 Å². The Balaban J connectivity index is 2.69. The summed E-state index contributed by atoms with van der Waals surface area (Å²) >= 11 is 7.13. The minimum absolute atomic E-state index is 0.810. The van der Waals surface area contributed by atoms with Gasteiger partial charge in [-0.2, -0.15) is 5.10 Å². The summed E-state index contributed by atoms with van der Waals surface area (Å²) in [5.74, 6) is 0. The molecule has 0 N–H and O–H groups in total. The minimum atomic E-state index is 0.810. The number of hydrogen-bond donors (Lipinski definition) is 0. The van der Waals surface area contributed by atoms with Gasteiger partial charge in [0.1, 0.15) is 4.64 Å². The van der Waals surface area contributed by atoms with E-state index in [1.54, 1.807) is 16.0 Å². The van der Waals surface area contributed by atoms with Gasteiger partial charge in [-0.05, 0) is 6.07 Å². The van der Waals surface area contributed by atoms with E-state index in [4.69, 9.17) is 12.2 Å². The van der Waals surface area contributed by atoms with Crippen molar-refractivity contribution in [2.24, 2.45) is 7.05 Å². The molecule has 0 bridgehead atoms. The van der Waals surface area contributed by atoms with Crippen LogP contribution in [0.1, 0.15) is 0 Å². The highest BCUT2D eigenvalue weighted by atomic mass is 32.1. The van der Waals surface area contributed by atoms with Crippen LogP contribution in [0.5, 0.6) is 0 Å². The van der Waals surface area contributed by atoms with Gasteiger partial charge in [0.15, 0.2) is 0 Å². The second-order valence-corrected chi connectivity index (χ2v) is 4.88. The zero-order valence-electron chi connectivity index (χ0n) is 8.10. The maximum atomic E-state index is 5.38. The number of aromatic nitrogens is 2. The van der Waals surface area contributed by atoms with Crippen molar-refractivity contribution in [3.63, 3.8) is 0 Å². The highest BCUT2D eigenvalue weighted by Crippen LogP contribution is 2.33. The van der Waals surface area contributed by atoms with Gasteiger partial charge in [0.05, 0.1) is 10.9 Å². The molecule has 0 atom stereocenters. The lowest BCUT2D eigenvalue weighted by molar-refractivity contribution is 0.737. The Labute approximate surface area is 95.8 Å². The molecule has 0 amide bonds. The van der Waals surface area contributed by atoms with Crippen LogP contribution in [0.15, 0.2) is 30.5 Å². The van der Waals surface area contributed by atoms with Crippen molar-refractivity contribution in [3.8, 4) is 0 Å². The molecule has 0 saturated heterocycles. The van der Waals surface area contributed by atoms with Crippen molar-refractivity contribution in [1.82, 2.24) is 9.78 Å². The van der Waals surface area contributed by atoms with E-state index < -0.39 is 0 Å². The summed E-state index contributed by atoms with van der Waals surface area (Å²) in [5.41, 5.74) is 0. The van der Waals surface area contributed by atoms with Crippen LogP contribution in [0.3, 0.4) is 0 Å². The fourth-order valence-corrected chi connectivity index (χ4v) is 3.13. The highest BCUT2D eigenvalue weighted by molar-refractivity contribution is 7.71. The molecule has 0 aliphatic heterocycles. The van der Waals surface area contributed by atoms with Crippen molar-refractivity contribution in [3.05, 3.63) is 35.1 Å². The first-order valence-corrected chi connectivity index (χ1v) is 5.83. The van der Waals surface area contributed by atoms with Crippen LogP contribution >= 0.6 is 23.6 Å². The lowest BCUT2D eigenvalue weighted by Crippen LogP contribution is -1.96. The van der Waals surface area contributed by atoms with Crippen LogP contribution in [-0.4, -0.2) is 9.78 Å². The third kappa shape index (κ3) is 1.22. The van der Waals surface area contributed by atoms with E-state index in [2.05, 4.69) is 17.2 Å². The van der Waals surface area contributed by atoms with Crippen LogP contribution in [0.25, 0.3) is 20.2 Å². The van der Waals surface area contributed by atoms with E-state index in [0.29, 0.717) is 0 Å². The zero-order valence-corrected chi connectivity index (χ0v) is 9.73. The molecule has 3 rings (SSSR count). The molecular formula is C11H8N2S2. The topological polar surface area (TPSA) is 17.8 Å². The number of thiophene rings is 1. The van der Waals surface area contributed by atoms with Crippen molar-refractivity contribution in [2.45, 2.75) is 0 Å². The van der Waals surface area contributed by atoms with E-state index >= 15 is 0 Å². The smallest absolute Gasteiger partial charge is 0.131 e. The second-order valence-electron chi connectivity index (χ2n) is 3.41. The summed E-state index contributed by atoms with van der Waals surface area (Å²) in [6, 6.07) is 8.33. The Morgan fingerprint density at radius 3 is 2.93 bits per heavy atom. The predicted octanol–water partition coefficient (Wildman–Crippen LogP) is 3.52. The minimum Gasteiger partial charge on any atom is -0.257 e. The third-order valence-electron chi connectivity index (χ3n) is 2.48. The summed E-state index contributed by atoms with van der Waals surface area (Å²) in [6.07, 6.45) is 1.88. The van der Waals surface area contributed by atoms with Gasteiger partial charge in [0.25, 0.3) is 0 Å². The van der Waals surface area contributed by atoms with Crippen LogP contribution < -0.4 is 0 Å². The molecule has 74 valence electrons. The van der Waals surface area contributed by atoms with Gasteiger partial charge in [-0.1, -0.05) is 30.4 Å². The van der Waals surface area contributed by atoms with Gasteiger partial charge in [-0.15, -0.1) is 11.3 Å². The average Bonchev–Trinajstić information content (AvgIpc) is 2.62. The van der Waals surface area contributed by atoms with Crippen LogP contribution in [0.2, 0.25) is 0 Å². The van der Waals surface area contributed by atoms with Gasteiger partial charge in [-0.3, -0.25) is 4.68 Å². The van der Waals surface area contributed by atoms with Crippen molar-refractivity contribution < 1.29 is 0 Å². The fraction of sp³-hybridized carbons (Fsp3) is 0.0909. The SMILES string of the molecule is Cn1ncc2sc3ccccc3c2c1=S. The normalized spacial score (nSPS) is 11.3. The Hall–Kier alpha value is -1.26. The quantitative estimate of drug-likeness (QED) is 0.552. The third-order valence-corrected chi connectivity index (χ3v) is 4.05. The zero-order chi connectivity index (χ0) is 10.4. The number of hydrogen-bond acceptors (Lipinski definition) is 3. The van der Waals surface area contributed by atoms with E-state index in [9.17, 15) is 0 Å². The molecule has 2 nitrogen and oxygen atoms in total. The van der Waals surface area contributed by atoms with Crippen molar-refractivity contribution in [1.29, 1.82) is 0 Å². The predicted molar refractivity (Wildman–Crippen MR) is 66.9 cm³/mol. The van der Waals surface area contributed by atoms with Gasteiger partial charge in [-0.25, -0.2) is 0 Å². The standard InChI is InChI=1S/C11H8N2S2/c1-13-11(14)10-7-4-2-3-5-8(7)15-9(10)6-12-13/h2-6H,1H3. The second kappa shape index (κ2) is 3.12. The highest BCUT2D eigenvalue weighted by Gasteiger charge is 2.06. The molecule has 0 aliphatic carbocycles. The summed E-state index contributed by atoms with van der Waals surface area (Å²) in [5, 5.41) is 6.62. The lowest BCUT2D eigenvalue weighted by atomic mass is 10.2. The first-order chi connectivity index (χ1) is 7.27. The summed E-state index contributed by atoms with van der Waals surface area (Å²) in [7, 11) is 1.88. The lowest BCUT2D eigenvalue weighted by Gasteiger charge is -1.97. The van der Waals surface area contributed by atoms with E-state index in [1.807, 2.05) is 25.4 Å². The summed E-state index contributed by atoms with van der Waals surface area (Å²) < 4.78 is 4.99. The maximum Gasteiger partial charge on any atom is 0.131 e.